The smallest absolute Gasteiger partial charge is 0.336 e. The minimum atomic E-state index is -0.748. The van der Waals surface area contributed by atoms with Gasteiger partial charge in [-0.1, -0.05) is 17.7 Å². The van der Waals surface area contributed by atoms with E-state index in [4.69, 9.17) is 16.3 Å². The van der Waals surface area contributed by atoms with Gasteiger partial charge in [-0.15, -0.1) is 0 Å². The maximum absolute atomic E-state index is 12.2. The number of amides is 1. The van der Waals surface area contributed by atoms with Gasteiger partial charge in [0.1, 0.15) is 10.8 Å². The Labute approximate surface area is 115 Å². The largest absolute Gasteiger partial charge is 0.467 e. The molecule has 0 radical (unpaired) electrons. The van der Waals surface area contributed by atoms with Gasteiger partial charge in [-0.3, -0.25) is 4.79 Å². The first kappa shape index (κ1) is 13.8. The Bertz CT molecular complexity index is 494. The number of ether oxygens (including phenoxy) is 2. The Kier molecular flexibility index (Phi) is 4.34. The van der Waals surface area contributed by atoms with Gasteiger partial charge < -0.3 is 14.4 Å². The van der Waals surface area contributed by atoms with Crippen molar-refractivity contribution in [2.75, 3.05) is 26.8 Å². The van der Waals surface area contributed by atoms with Crippen molar-refractivity contribution in [3.05, 3.63) is 29.0 Å². The molecule has 1 aromatic rings. The maximum Gasteiger partial charge on any atom is 0.336 e. The molecule has 2 heterocycles. The average molecular weight is 285 g/mol. The summed E-state index contributed by atoms with van der Waals surface area (Å²) < 4.78 is 9.86. The van der Waals surface area contributed by atoms with Crippen molar-refractivity contribution in [1.29, 1.82) is 0 Å². The molecular weight excluding hydrogens is 272 g/mol. The van der Waals surface area contributed by atoms with Gasteiger partial charge >= 0.3 is 5.97 Å². The van der Waals surface area contributed by atoms with E-state index in [9.17, 15) is 9.59 Å². The zero-order chi connectivity index (χ0) is 13.8. The third-order valence-electron chi connectivity index (χ3n) is 2.75. The van der Waals surface area contributed by atoms with Crippen LogP contribution in [0.15, 0.2) is 18.2 Å². The van der Waals surface area contributed by atoms with Crippen molar-refractivity contribution in [1.82, 2.24) is 9.88 Å². The van der Waals surface area contributed by atoms with E-state index in [1.54, 1.807) is 18.2 Å². The number of morpholine rings is 1. The molecule has 0 saturated carbocycles. The third-order valence-corrected chi connectivity index (χ3v) is 2.96. The van der Waals surface area contributed by atoms with Crippen LogP contribution >= 0.6 is 11.6 Å². The van der Waals surface area contributed by atoms with Gasteiger partial charge in [0.25, 0.3) is 5.91 Å². The zero-order valence-corrected chi connectivity index (χ0v) is 11.1. The van der Waals surface area contributed by atoms with Crippen LogP contribution in [0.3, 0.4) is 0 Å². The van der Waals surface area contributed by atoms with Crippen LogP contribution in [0.5, 0.6) is 0 Å². The molecule has 1 saturated heterocycles. The first-order valence-electron chi connectivity index (χ1n) is 5.73. The van der Waals surface area contributed by atoms with Crippen LogP contribution in [-0.2, 0) is 14.3 Å². The number of carbonyl (C=O) groups excluding carboxylic acids is 2. The van der Waals surface area contributed by atoms with E-state index in [0.29, 0.717) is 6.54 Å². The quantitative estimate of drug-likeness (QED) is 0.592. The van der Waals surface area contributed by atoms with Gasteiger partial charge in [-0.2, -0.15) is 0 Å². The van der Waals surface area contributed by atoms with Crippen LogP contribution in [0, 0.1) is 0 Å². The average Bonchev–Trinajstić information content (AvgIpc) is 2.45. The lowest BCUT2D eigenvalue weighted by atomic mass is 10.2. The summed E-state index contributed by atoms with van der Waals surface area (Å²) in [6, 6.07) is 4.83. The first-order chi connectivity index (χ1) is 9.11. The van der Waals surface area contributed by atoms with Crippen LogP contribution in [0.4, 0.5) is 0 Å². The predicted molar refractivity (Wildman–Crippen MR) is 66.9 cm³/mol. The molecule has 7 heteroatoms. The molecule has 6 nitrogen and oxygen atoms in total. The highest BCUT2D eigenvalue weighted by molar-refractivity contribution is 6.29. The van der Waals surface area contributed by atoms with E-state index >= 15 is 0 Å². The first-order valence-corrected chi connectivity index (χ1v) is 6.11. The molecule has 102 valence electrons. The lowest BCUT2D eigenvalue weighted by Crippen LogP contribution is -2.49. The summed E-state index contributed by atoms with van der Waals surface area (Å²) in [5.41, 5.74) is 0.248. The number of pyridine rings is 1. The number of hydrogen-bond acceptors (Lipinski definition) is 5. The summed E-state index contributed by atoms with van der Waals surface area (Å²) in [5, 5.41) is 0.253. The summed E-state index contributed by atoms with van der Waals surface area (Å²) in [5.74, 6) is -0.767. The number of halogens is 1. The van der Waals surface area contributed by atoms with Crippen molar-refractivity contribution in [2.24, 2.45) is 0 Å². The van der Waals surface area contributed by atoms with Gasteiger partial charge in [0.05, 0.1) is 20.3 Å². The zero-order valence-electron chi connectivity index (χ0n) is 10.3. The van der Waals surface area contributed by atoms with Gasteiger partial charge in [-0.05, 0) is 12.1 Å². The number of carbonyl (C=O) groups is 2. The number of hydrogen-bond donors (Lipinski definition) is 0. The SMILES string of the molecule is COC(=O)C1CN(C(=O)c2cccc(Cl)n2)CCO1. The molecule has 1 aromatic heterocycles. The fraction of sp³-hybridized carbons (Fsp3) is 0.417. The topological polar surface area (TPSA) is 68.7 Å². The highest BCUT2D eigenvalue weighted by Crippen LogP contribution is 2.12. The molecule has 1 unspecified atom stereocenters. The molecule has 19 heavy (non-hydrogen) atoms. The second-order valence-electron chi connectivity index (χ2n) is 3.98. The molecular formula is C12H13ClN2O4. The molecule has 1 fully saturated rings. The van der Waals surface area contributed by atoms with E-state index in [1.807, 2.05) is 0 Å². The lowest BCUT2D eigenvalue weighted by molar-refractivity contribution is -0.158. The number of aromatic nitrogens is 1. The summed E-state index contributed by atoms with van der Waals surface area (Å²) in [7, 11) is 1.28. The molecule has 1 amide bonds. The molecule has 1 atom stereocenters. The van der Waals surface area contributed by atoms with Crippen LogP contribution in [0.1, 0.15) is 10.5 Å². The van der Waals surface area contributed by atoms with Crippen LogP contribution < -0.4 is 0 Å². The second kappa shape index (κ2) is 5.99. The normalized spacial score (nSPS) is 19.1. The van der Waals surface area contributed by atoms with Gasteiger partial charge in [0.2, 0.25) is 0 Å². The Morgan fingerprint density at radius 3 is 3.00 bits per heavy atom. The Hall–Kier alpha value is -1.66. The van der Waals surface area contributed by atoms with Crippen LogP contribution in [0.25, 0.3) is 0 Å². The second-order valence-corrected chi connectivity index (χ2v) is 4.37. The van der Waals surface area contributed by atoms with E-state index in [0.717, 1.165) is 0 Å². The predicted octanol–water partition coefficient (Wildman–Crippen LogP) is 0.749. The van der Waals surface area contributed by atoms with E-state index in [2.05, 4.69) is 9.72 Å². The van der Waals surface area contributed by atoms with Crippen molar-refractivity contribution in [3.8, 4) is 0 Å². The van der Waals surface area contributed by atoms with Crippen molar-refractivity contribution in [2.45, 2.75) is 6.10 Å². The summed E-state index contributed by atoms with van der Waals surface area (Å²) in [6.07, 6.45) is -0.748. The molecule has 0 N–H and O–H groups in total. The molecule has 0 spiro atoms. The third kappa shape index (κ3) is 3.21. The van der Waals surface area contributed by atoms with Gasteiger partial charge in [0.15, 0.2) is 6.10 Å². The molecule has 1 aliphatic rings. The van der Waals surface area contributed by atoms with Gasteiger partial charge in [-0.25, -0.2) is 9.78 Å². The molecule has 1 aliphatic heterocycles. The number of esters is 1. The fourth-order valence-electron chi connectivity index (χ4n) is 1.80. The maximum atomic E-state index is 12.2. The summed E-state index contributed by atoms with van der Waals surface area (Å²) in [6.45, 7) is 0.840. The standard InChI is InChI=1S/C12H13ClN2O4/c1-18-12(17)9-7-15(5-6-19-9)11(16)8-3-2-4-10(13)14-8/h2-4,9H,5-7H2,1H3. The molecule has 0 aromatic carbocycles. The monoisotopic (exact) mass is 284 g/mol. The van der Waals surface area contributed by atoms with Crippen molar-refractivity contribution < 1.29 is 19.1 Å². The molecule has 0 aliphatic carbocycles. The van der Waals surface area contributed by atoms with Crippen LogP contribution in [0.2, 0.25) is 5.15 Å². The Balaban J connectivity index is 2.09. The fourth-order valence-corrected chi connectivity index (χ4v) is 1.96. The molecule has 0 bridgehead atoms. The number of nitrogens with zero attached hydrogens (tertiary/aromatic N) is 2. The minimum Gasteiger partial charge on any atom is -0.467 e. The van der Waals surface area contributed by atoms with E-state index < -0.39 is 12.1 Å². The van der Waals surface area contributed by atoms with Crippen LogP contribution in [-0.4, -0.2) is 54.7 Å². The Morgan fingerprint density at radius 1 is 1.53 bits per heavy atom. The lowest BCUT2D eigenvalue weighted by Gasteiger charge is -2.31. The minimum absolute atomic E-state index is 0.152. The van der Waals surface area contributed by atoms with E-state index in [1.165, 1.54) is 12.0 Å². The van der Waals surface area contributed by atoms with Gasteiger partial charge in [0, 0.05) is 6.54 Å². The highest BCUT2D eigenvalue weighted by Gasteiger charge is 2.30. The number of methoxy groups -OCH3 is 1. The van der Waals surface area contributed by atoms with E-state index in [-0.39, 0.29) is 29.9 Å². The number of rotatable bonds is 2. The summed E-state index contributed by atoms with van der Waals surface area (Å²) >= 11 is 5.75. The van der Waals surface area contributed by atoms with Crippen molar-refractivity contribution >= 4 is 23.5 Å². The summed E-state index contributed by atoms with van der Waals surface area (Å²) in [4.78, 5) is 29.1. The van der Waals surface area contributed by atoms with Crippen molar-refractivity contribution in [3.63, 3.8) is 0 Å². The highest BCUT2D eigenvalue weighted by atomic mass is 35.5. The Morgan fingerprint density at radius 2 is 2.32 bits per heavy atom. The molecule has 2 rings (SSSR count).